The summed E-state index contributed by atoms with van der Waals surface area (Å²) in [6.07, 6.45) is -0.344. The van der Waals surface area contributed by atoms with E-state index in [-0.39, 0.29) is 33.2 Å². The number of rotatable bonds is 5. The number of aliphatic hydroxyl groups is 1. The third-order valence-corrected chi connectivity index (χ3v) is 5.15. The summed E-state index contributed by atoms with van der Waals surface area (Å²) < 4.78 is 37.5. The van der Waals surface area contributed by atoms with Crippen molar-refractivity contribution in [3.05, 3.63) is 27.7 Å². The van der Waals surface area contributed by atoms with E-state index < -0.39 is 16.6 Å². The summed E-state index contributed by atoms with van der Waals surface area (Å²) in [7, 11) is -3.86. The minimum atomic E-state index is -3.86. The molecule has 0 saturated carbocycles. The maximum Gasteiger partial charge on any atom is 0.242 e. The number of nitrogens with one attached hydrogen (secondary N) is 1. The van der Waals surface area contributed by atoms with Crippen LogP contribution < -0.4 is 4.72 Å². The van der Waals surface area contributed by atoms with E-state index in [1.807, 2.05) is 0 Å². The Morgan fingerprint density at radius 2 is 2.10 bits per heavy atom. The molecule has 0 bridgehead atoms. The Morgan fingerprint density at radius 1 is 1.33 bits per heavy atom. The summed E-state index contributed by atoms with van der Waals surface area (Å²) in [6.45, 7) is 0.928. The quantitative estimate of drug-likeness (QED) is 0.828. The Labute approximate surface area is 133 Å². The molecule has 0 radical (unpaired) electrons. The number of hydrogen-bond acceptors (Lipinski definition) is 5. The SMILES string of the molecule is O=S(=O)(NCC1COCCO1)c1cc(Cl)cc(CO)c1Cl. The first-order valence-electron chi connectivity index (χ1n) is 6.22. The highest BCUT2D eigenvalue weighted by atomic mass is 35.5. The number of benzene rings is 1. The van der Waals surface area contributed by atoms with E-state index >= 15 is 0 Å². The van der Waals surface area contributed by atoms with Crippen LogP contribution in [0.4, 0.5) is 0 Å². The molecule has 1 aromatic carbocycles. The van der Waals surface area contributed by atoms with Gasteiger partial charge in [0.1, 0.15) is 4.90 Å². The Bertz CT molecular complexity index is 602. The van der Waals surface area contributed by atoms with Crippen LogP contribution in [0.15, 0.2) is 17.0 Å². The number of ether oxygens (including phenoxy) is 2. The van der Waals surface area contributed by atoms with Gasteiger partial charge in [-0.15, -0.1) is 0 Å². The van der Waals surface area contributed by atoms with Crippen LogP contribution in [0.1, 0.15) is 5.56 Å². The van der Waals surface area contributed by atoms with E-state index in [1.54, 1.807) is 0 Å². The summed E-state index contributed by atoms with van der Waals surface area (Å²) in [5.74, 6) is 0. The number of hydrogen-bond donors (Lipinski definition) is 2. The molecule has 2 N–H and O–H groups in total. The largest absolute Gasteiger partial charge is 0.392 e. The Morgan fingerprint density at radius 3 is 2.71 bits per heavy atom. The fraction of sp³-hybridized carbons (Fsp3) is 0.500. The molecule has 2 rings (SSSR count). The first kappa shape index (κ1) is 17.0. The van der Waals surface area contributed by atoms with Gasteiger partial charge >= 0.3 is 0 Å². The van der Waals surface area contributed by atoms with Crippen molar-refractivity contribution in [2.75, 3.05) is 26.4 Å². The first-order chi connectivity index (χ1) is 9.94. The number of halogens is 2. The fourth-order valence-corrected chi connectivity index (χ4v) is 3.85. The third kappa shape index (κ3) is 4.29. The van der Waals surface area contributed by atoms with Gasteiger partial charge in [-0.3, -0.25) is 0 Å². The summed E-state index contributed by atoms with van der Waals surface area (Å²) >= 11 is 11.8. The highest BCUT2D eigenvalue weighted by molar-refractivity contribution is 7.89. The van der Waals surface area contributed by atoms with Crippen molar-refractivity contribution in [2.45, 2.75) is 17.6 Å². The Balaban J connectivity index is 2.17. The van der Waals surface area contributed by atoms with E-state index in [9.17, 15) is 13.5 Å². The average Bonchev–Trinajstić information content (AvgIpc) is 2.48. The molecule has 0 spiro atoms. The van der Waals surface area contributed by atoms with Crippen molar-refractivity contribution in [3.63, 3.8) is 0 Å². The molecule has 1 aliphatic heterocycles. The topological polar surface area (TPSA) is 84.9 Å². The van der Waals surface area contributed by atoms with Gasteiger partial charge in [0.05, 0.1) is 37.6 Å². The lowest BCUT2D eigenvalue weighted by Crippen LogP contribution is -2.39. The van der Waals surface area contributed by atoms with Crippen LogP contribution in [0.3, 0.4) is 0 Å². The number of sulfonamides is 1. The second kappa shape index (κ2) is 7.23. The second-order valence-electron chi connectivity index (χ2n) is 4.45. The predicted molar refractivity (Wildman–Crippen MR) is 78.1 cm³/mol. The molecule has 1 unspecified atom stereocenters. The smallest absolute Gasteiger partial charge is 0.242 e. The first-order valence-corrected chi connectivity index (χ1v) is 8.45. The van der Waals surface area contributed by atoms with E-state index in [1.165, 1.54) is 12.1 Å². The van der Waals surface area contributed by atoms with Crippen LogP contribution in [-0.4, -0.2) is 46.0 Å². The molecule has 6 nitrogen and oxygen atoms in total. The zero-order chi connectivity index (χ0) is 15.5. The van der Waals surface area contributed by atoms with Gasteiger partial charge in [0.15, 0.2) is 0 Å². The molecule has 0 amide bonds. The lowest BCUT2D eigenvalue weighted by Gasteiger charge is -2.23. The molecule has 1 atom stereocenters. The molecule has 9 heteroatoms. The van der Waals surface area contributed by atoms with Crippen LogP contribution in [0.25, 0.3) is 0 Å². The Kier molecular flexibility index (Phi) is 5.84. The average molecular weight is 356 g/mol. The molecule has 118 valence electrons. The van der Waals surface area contributed by atoms with Crippen LogP contribution >= 0.6 is 23.2 Å². The summed E-state index contributed by atoms with van der Waals surface area (Å²) in [4.78, 5) is -0.169. The molecule has 0 aromatic heterocycles. The predicted octanol–water partition coefficient (Wildman–Crippen LogP) is 1.18. The minimum Gasteiger partial charge on any atom is -0.392 e. The lowest BCUT2D eigenvalue weighted by atomic mass is 10.2. The Hall–Kier alpha value is -0.410. The van der Waals surface area contributed by atoms with Crippen molar-refractivity contribution in [3.8, 4) is 0 Å². The van der Waals surface area contributed by atoms with E-state index in [0.717, 1.165) is 0 Å². The second-order valence-corrected chi connectivity index (χ2v) is 7.00. The van der Waals surface area contributed by atoms with Crippen molar-refractivity contribution in [2.24, 2.45) is 0 Å². The molecule has 1 aliphatic rings. The van der Waals surface area contributed by atoms with Crippen LogP contribution in [0, 0.1) is 0 Å². The normalized spacial score (nSPS) is 19.7. The van der Waals surface area contributed by atoms with Crippen LogP contribution in [0.5, 0.6) is 0 Å². The zero-order valence-corrected chi connectivity index (χ0v) is 13.3. The molecule has 21 heavy (non-hydrogen) atoms. The monoisotopic (exact) mass is 355 g/mol. The van der Waals surface area contributed by atoms with E-state index in [4.69, 9.17) is 32.7 Å². The molecule has 1 fully saturated rings. The fourth-order valence-electron chi connectivity index (χ4n) is 1.86. The van der Waals surface area contributed by atoms with E-state index in [2.05, 4.69) is 4.72 Å². The highest BCUT2D eigenvalue weighted by Gasteiger charge is 2.23. The van der Waals surface area contributed by atoms with Gasteiger partial charge < -0.3 is 14.6 Å². The molecule has 1 aromatic rings. The van der Waals surface area contributed by atoms with Crippen LogP contribution in [-0.2, 0) is 26.1 Å². The standard InChI is InChI=1S/C12H15Cl2NO5S/c13-9-3-8(6-16)12(14)11(4-9)21(17,18)15-5-10-7-19-1-2-20-10/h3-4,10,15-16H,1-2,5-7H2. The van der Waals surface area contributed by atoms with Crippen LogP contribution in [0.2, 0.25) is 10.0 Å². The summed E-state index contributed by atoms with van der Waals surface area (Å²) in [5.41, 5.74) is 0.252. The zero-order valence-electron chi connectivity index (χ0n) is 11.0. The van der Waals surface area contributed by atoms with Gasteiger partial charge in [-0.1, -0.05) is 23.2 Å². The van der Waals surface area contributed by atoms with Crippen molar-refractivity contribution >= 4 is 33.2 Å². The van der Waals surface area contributed by atoms with Gasteiger partial charge in [-0.05, 0) is 17.7 Å². The molecule has 0 aliphatic carbocycles. The maximum absolute atomic E-state index is 12.3. The highest BCUT2D eigenvalue weighted by Crippen LogP contribution is 2.29. The lowest BCUT2D eigenvalue weighted by molar-refractivity contribution is -0.0846. The minimum absolute atomic E-state index is 0.0461. The van der Waals surface area contributed by atoms with E-state index in [0.29, 0.717) is 19.8 Å². The molecular formula is C12H15Cl2NO5S. The van der Waals surface area contributed by atoms with Crippen molar-refractivity contribution in [1.82, 2.24) is 4.72 Å². The molecule has 1 heterocycles. The van der Waals surface area contributed by atoms with Crippen molar-refractivity contribution < 1.29 is 23.0 Å². The summed E-state index contributed by atoms with van der Waals surface area (Å²) in [5, 5.41) is 9.31. The summed E-state index contributed by atoms with van der Waals surface area (Å²) in [6, 6.07) is 2.66. The third-order valence-electron chi connectivity index (χ3n) is 2.93. The van der Waals surface area contributed by atoms with Gasteiger partial charge in [0.25, 0.3) is 0 Å². The maximum atomic E-state index is 12.3. The van der Waals surface area contributed by atoms with Gasteiger partial charge in [-0.2, -0.15) is 0 Å². The molecule has 1 saturated heterocycles. The van der Waals surface area contributed by atoms with Gasteiger partial charge in [-0.25, -0.2) is 13.1 Å². The van der Waals surface area contributed by atoms with Gasteiger partial charge in [0.2, 0.25) is 10.0 Å². The number of aliphatic hydroxyl groups excluding tert-OH is 1. The van der Waals surface area contributed by atoms with Crippen molar-refractivity contribution in [1.29, 1.82) is 0 Å². The van der Waals surface area contributed by atoms with Gasteiger partial charge in [0, 0.05) is 11.6 Å². The molecular weight excluding hydrogens is 341 g/mol.